The molecule has 0 aromatic heterocycles. The zero-order valence-electron chi connectivity index (χ0n) is 2.14. The Labute approximate surface area is 70.3 Å². The Morgan fingerprint density at radius 3 is 1.25 bits per heavy atom. The van der Waals surface area contributed by atoms with Crippen LogP contribution in [0.15, 0.2) is 0 Å². The van der Waals surface area contributed by atoms with Crippen LogP contribution in [0.2, 0.25) is 0 Å². The molecule has 16 valence electrons. The third kappa shape index (κ3) is 8.93. The van der Waals surface area contributed by atoms with Crippen molar-refractivity contribution in [3.05, 3.63) is 0 Å². The Bertz CT molecular complexity index is 8.00. The molecule has 0 unspecified atom stereocenters. The first-order chi connectivity index (χ1) is 1.00. The van der Waals surface area contributed by atoms with Crippen LogP contribution in [-0.4, -0.2) is 48.9 Å². The average molecular weight is 318 g/mol. The Hall–Kier alpha value is 2.11. The van der Waals surface area contributed by atoms with E-state index in [0.717, 1.165) is 0 Å². The Morgan fingerprint density at radius 1 is 1.25 bits per heavy atom. The van der Waals surface area contributed by atoms with Gasteiger partial charge in [0.25, 0.3) is 0 Å². The van der Waals surface area contributed by atoms with Crippen LogP contribution in [0.5, 0.6) is 0 Å². The predicted octanol–water partition coefficient (Wildman–Crippen LogP) is -0.883. The van der Waals surface area contributed by atoms with Crippen molar-refractivity contribution in [2.24, 2.45) is 0 Å². The fraction of sp³-hybridized carbons (Fsp3) is 0. The topological polar surface area (TPSA) is 17.1 Å². The molecule has 0 aliphatic rings. The normalized spacial score (nSPS) is 1.00. The van der Waals surface area contributed by atoms with Crippen molar-refractivity contribution in [1.82, 2.24) is 0 Å². The van der Waals surface area contributed by atoms with E-state index in [-0.39, 0.29) is 45.3 Å². The molecule has 0 aromatic carbocycles. The number of hydrogen-bond donors (Lipinski definition) is 0. The van der Waals surface area contributed by atoms with Gasteiger partial charge >= 0.3 is 26.0 Å². The van der Waals surface area contributed by atoms with E-state index in [1.807, 2.05) is 0 Å². The largest absolute Gasteiger partial charge is 0 e. The number of rotatable bonds is 0. The van der Waals surface area contributed by atoms with Crippen molar-refractivity contribution in [3.8, 4) is 0 Å². The minimum Gasteiger partial charge on any atom is 0 e. The molecule has 0 saturated carbocycles. The second-order valence-electron chi connectivity index (χ2n) is 0. The fourth-order valence-corrected chi connectivity index (χ4v) is 0. The van der Waals surface area contributed by atoms with Gasteiger partial charge in [-0.05, 0) is 0 Å². The summed E-state index contributed by atoms with van der Waals surface area (Å²) in [5.41, 5.74) is 0. The van der Waals surface area contributed by atoms with Crippen molar-refractivity contribution in [2.45, 2.75) is 0 Å². The van der Waals surface area contributed by atoms with Crippen molar-refractivity contribution in [2.75, 3.05) is 0 Å². The molecule has 1 nitrogen and oxygen atoms in total. The third-order valence-electron chi connectivity index (χ3n) is 0. The summed E-state index contributed by atoms with van der Waals surface area (Å²) in [6.07, 6.45) is 0. The molecule has 0 aliphatic carbocycles. The van der Waals surface area contributed by atoms with Gasteiger partial charge in [-0.15, -0.1) is 0 Å². The van der Waals surface area contributed by atoms with Crippen LogP contribution >= 0.6 is 0 Å². The van der Waals surface area contributed by atoms with E-state index in [2.05, 4.69) is 0 Å². The van der Waals surface area contributed by atoms with Gasteiger partial charge in [-0.2, -0.15) is 0 Å². The number of hydrogen-bond acceptors (Lipinski definition) is 1. The first kappa shape index (κ1) is 16.5. The van der Waals surface area contributed by atoms with Crippen LogP contribution in [0.1, 0.15) is 0 Å². The van der Waals surface area contributed by atoms with E-state index in [0.29, 0.717) is 23.0 Å². The van der Waals surface area contributed by atoms with Crippen molar-refractivity contribution in [1.29, 1.82) is 0 Å². The van der Waals surface area contributed by atoms with Crippen LogP contribution in [0, 0.1) is 0 Å². The SMILES string of the molecule is [In].[O]=[Sb].[Zn]. The van der Waals surface area contributed by atoms with E-state index in [1.165, 1.54) is 0 Å². The molecule has 0 bridgehead atoms. The molecule has 0 spiro atoms. The molecule has 0 atom stereocenters. The van der Waals surface area contributed by atoms with Gasteiger partial charge in [0.1, 0.15) is 0 Å². The van der Waals surface area contributed by atoms with Gasteiger partial charge in [0.2, 0.25) is 0 Å². The second kappa shape index (κ2) is 19.4. The predicted molar refractivity (Wildman–Crippen MR) is 12.2 cm³/mol. The van der Waals surface area contributed by atoms with Crippen LogP contribution in [0.3, 0.4) is 0 Å². The quantitative estimate of drug-likeness (QED) is 0.530. The maximum absolute atomic E-state index is 8.30. The summed E-state index contributed by atoms with van der Waals surface area (Å²) in [5, 5.41) is 0. The summed E-state index contributed by atoms with van der Waals surface area (Å²) < 4.78 is 8.30. The molecule has 0 N–H and O–H groups in total. The van der Waals surface area contributed by atoms with Crippen LogP contribution in [-0.2, 0) is 22.5 Å². The Morgan fingerprint density at radius 2 is 1.25 bits per heavy atom. The van der Waals surface area contributed by atoms with Crippen molar-refractivity contribution >= 4 is 48.9 Å². The van der Waals surface area contributed by atoms with Gasteiger partial charge in [-0.3, -0.25) is 0 Å². The van der Waals surface area contributed by atoms with Gasteiger partial charge in [-0.1, -0.05) is 0 Å². The molecular weight excluding hydrogens is 318 g/mol. The zero-order chi connectivity index (χ0) is 2.00. The van der Waals surface area contributed by atoms with Crippen molar-refractivity contribution < 1.29 is 22.5 Å². The summed E-state index contributed by atoms with van der Waals surface area (Å²) >= 11 is 0.500. The molecule has 0 aromatic rings. The van der Waals surface area contributed by atoms with Gasteiger partial charge in [0.15, 0.2) is 0 Å². The van der Waals surface area contributed by atoms with Gasteiger partial charge in [0.05, 0.1) is 0 Å². The molecule has 0 amide bonds. The van der Waals surface area contributed by atoms with Gasteiger partial charge < -0.3 is 0 Å². The maximum atomic E-state index is 8.30. The maximum Gasteiger partial charge on any atom is 0 e. The molecule has 0 fully saturated rings. The Balaban J connectivity index is -0.00000000500. The second-order valence-corrected chi connectivity index (χ2v) is 0. The minimum absolute atomic E-state index is 0. The van der Waals surface area contributed by atoms with Crippen LogP contribution in [0.25, 0.3) is 0 Å². The monoisotopic (exact) mass is 316 g/mol. The molecule has 4 heavy (non-hydrogen) atoms. The van der Waals surface area contributed by atoms with E-state index in [1.54, 1.807) is 0 Å². The third-order valence-corrected chi connectivity index (χ3v) is 0. The van der Waals surface area contributed by atoms with E-state index < -0.39 is 0 Å². The van der Waals surface area contributed by atoms with Gasteiger partial charge in [-0.25, -0.2) is 0 Å². The minimum atomic E-state index is 0. The molecule has 0 aliphatic heterocycles. The van der Waals surface area contributed by atoms with Crippen LogP contribution in [0.4, 0.5) is 0 Å². The molecule has 0 rings (SSSR count). The summed E-state index contributed by atoms with van der Waals surface area (Å²) in [6.45, 7) is 0. The molecule has 0 heterocycles. The standard InChI is InChI=1S/In.O.Sb.Zn. The fourth-order valence-electron chi connectivity index (χ4n) is 0. The average Bonchev–Trinajstić information content (AvgIpc) is 1.00. The van der Waals surface area contributed by atoms with Crippen molar-refractivity contribution in [3.63, 3.8) is 0 Å². The summed E-state index contributed by atoms with van der Waals surface area (Å²) in [7, 11) is 0. The van der Waals surface area contributed by atoms with Crippen LogP contribution < -0.4 is 0 Å². The Kier molecular flexibility index (Phi) is 79.9. The molecular formula is InOSbZn. The molecule has 0 saturated heterocycles. The first-order valence-electron chi connectivity index (χ1n) is 0.183. The van der Waals surface area contributed by atoms with Gasteiger partial charge in [0, 0.05) is 45.3 Å². The van der Waals surface area contributed by atoms with E-state index >= 15 is 0 Å². The zero-order valence-corrected chi connectivity index (χ0v) is 11.0. The first-order valence-corrected chi connectivity index (χ1v) is 1.22. The molecule has 4 heteroatoms. The van der Waals surface area contributed by atoms with E-state index in [9.17, 15) is 0 Å². The smallest absolute Gasteiger partial charge is 0 e. The summed E-state index contributed by atoms with van der Waals surface area (Å²) in [5.74, 6) is 0. The summed E-state index contributed by atoms with van der Waals surface area (Å²) in [4.78, 5) is 0. The van der Waals surface area contributed by atoms with E-state index in [4.69, 9.17) is 3.02 Å². The summed E-state index contributed by atoms with van der Waals surface area (Å²) in [6, 6.07) is 0. The molecule has 4 radical (unpaired) electrons.